The maximum atomic E-state index is 13.1. The molecule has 3 aromatic rings. The lowest BCUT2D eigenvalue weighted by molar-refractivity contribution is -0.120. The second-order valence-electron chi connectivity index (χ2n) is 7.28. The quantitative estimate of drug-likeness (QED) is 0.590. The molecule has 1 aliphatic carbocycles. The first-order chi connectivity index (χ1) is 14.4. The number of halogens is 2. The maximum Gasteiger partial charge on any atom is 0.271 e. The van der Waals surface area contributed by atoms with Gasteiger partial charge in [-0.15, -0.1) is 0 Å². The van der Waals surface area contributed by atoms with Gasteiger partial charge >= 0.3 is 0 Å². The predicted octanol–water partition coefficient (Wildman–Crippen LogP) is 2.74. The highest BCUT2D eigenvalue weighted by molar-refractivity contribution is 6.33. The van der Waals surface area contributed by atoms with E-state index in [4.69, 9.17) is 11.6 Å². The topological polar surface area (TPSA) is 108 Å². The Kier molecular flexibility index (Phi) is 5.54. The van der Waals surface area contributed by atoms with E-state index < -0.39 is 5.82 Å². The molecule has 0 unspecified atom stereocenters. The molecule has 4 rings (SSSR count). The zero-order valence-corrected chi connectivity index (χ0v) is 16.6. The summed E-state index contributed by atoms with van der Waals surface area (Å²) >= 11 is 5.96. The number of rotatable bonds is 4. The number of benzene rings is 1. The van der Waals surface area contributed by atoms with E-state index in [-0.39, 0.29) is 40.0 Å². The number of fused-ring (bicyclic) bond motifs is 1. The lowest BCUT2D eigenvalue weighted by Gasteiger charge is -2.28. The number of imidazole rings is 1. The minimum atomic E-state index is -0.468. The van der Waals surface area contributed by atoms with Crippen molar-refractivity contribution in [2.24, 2.45) is 5.92 Å². The number of aromatic amines is 1. The van der Waals surface area contributed by atoms with Crippen LogP contribution >= 0.6 is 11.6 Å². The minimum Gasteiger partial charge on any atom is -0.348 e. The van der Waals surface area contributed by atoms with Crippen LogP contribution in [0.3, 0.4) is 0 Å². The van der Waals surface area contributed by atoms with E-state index in [9.17, 15) is 18.8 Å². The fourth-order valence-electron chi connectivity index (χ4n) is 3.64. The van der Waals surface area contributed by atoms with E-state index >= 15 is 0 Å². The van der Waals surface area contributed by atoms with Gasteiger partial charge in [0.2, 0.25) is 5.91 Å². The number of H-pyrrole nitrogens is 1. The molecular weight excluding hydrogens is 413 g/mol. The summed E-state index contributed by atoms with van der Waals surface area (Å²) in [5.41, 5.74) is 0.760. The van der Waals surface area contributed by atoms with Crippen molar-refractivity contribution in [1.82, 2.24) is 19.9 Å². The third kappa shape index (κ3) is 4.20. The summed E-state index contributed by atoms with van der Waals surface area (Å²) in [4.78, 5) is 40.7. The Balaban J connectivity index is 1.34. The second-order valence-corrected chi connectivity index (χ2v) is 7.69. The molecule has 3 N–H and O–H groups in total. The number of carbonyl (C=O) groups excluding carboxylic acids is 2. The van der Waals surface area contributed by atoms with Gasteiger partial charge in [-0.2, -0.15) is 0 Å². The van der Waals surface area contributed by atoms with E-state index in [1.54, 1.807) is 0 Å². The van der Waals surface area contributed by atoms with E-state index in [1.165, 1.54) is 35.0 Å². The molecule has 0 aliphatic heterocycles. The molecule has 156 valence electrons. The van der Waals surface area contributed by atoms with Crippen LogP contribution in [-0.2, 0) is 4.79 Å². The van der Waals surface area contributed by atoms with Gasteiger partial charge in [-0.05, 0) is 49.9 Å². The average Bonchev–Trinajstić information content (AvgIpc) is 3.13. The Hall–Kier alpha value is -3.20. The van der Waals surface area contributed by atoms with E-state index in [2.05, 4.69) is 20.7 Å². The van der Waals surface area contributed by atoms with Crippen molar-refractivity contribution in [2.45, 2.75) is 31.7 Å². The highest BCUT2D eigenvalue weighted by atomic mass is 35.5. The molecule has 1 saturated carbocycles. The molecule has 30 heavy (non-hydrogen) atoms. The number of aromatic nitrogens is 3. The summed E-state index contributed by atoms with van der Waals surface area (Å²) in [5.74, 6) is -1.20. The lowest BCUT2D eigenvalue weighted by Crippen LogP contribution is -2.40. The number of hydrogen-bond acceptors (Lipinski definition) is 4. The Labute approximate surface area is 175 Å². The van der Waals surface area contributed by atoms with Crippen LogP contribution in [0, 0.1) is 11.7 Å². The molecule has 0 bridgehead atoms. The first-order valence-corrected chi connectivity index (χ1v) is 9.92. The second kappa shape index (κ2) is 8.27. The van der Waals surface area contributed by atoms with Crippen molar-refractivity contribution in [3.8, 4) is 0 Å². The van der Waals surface area contributed by atoms with Gasteiger partial charge in [-0.3, -0.25) is 19.5 Å². The van der Waals surface area contributed by atoms with Crippen LogP contribution in [0.5, 0.6) is 0 Å². The molecule has 1 fully saturated rings. The Morgan fingerprint density at radius 2 is 1.93 bits per heavy atom. The van der Waals surface area contributed by atoms with Crippen LogP contribution < -0.4 is 16.2 Å². The van der Waals surface area contributed by atoms with Gasteiger partial charge < -0.3 is 10.6 Å². The number of anilines is 1. The van der Waals surface area contributed by atoms with Crippen LogP contribution in [0.2, 0.25) is 5.02 Å². The third-order valence-electron chi connectivity index (χ3n) is 5.25. The highest BCUT2D eigenvalue weighted by Crippen LogP contribution is 2.28. The predicted molar refractivity (Wildman–Crippen MR) is 109 cm³/mol. The molecule has 2 aromatic heterocycles. The van der Waals surface area contributed by atoms with Crippen molar-refractivity contribution in [2.75, 3.05) is 5.32 Å². The smallest absolute Gasteiger partial charge is 0.271 e. The molecule has 2 amide bonds. The standard InChI is InChI=1S/C20H19ClFN5O3/c21-14-9-12(22)3-6-15(14)25-19(29)11-1-4-13(5-2-11)24-20(30)16-10-23-17-7-8-18(28)26-27(16)17/h3,6-11,13H,1-2,4-5H2,(H,24,30)(H,25,29)(H,26,28). The first-order valence-electron chi connectivity index (χ1n) is 9.54. The monoisotopic (exact) mass is 431 g/mol. The molecular formula is C20H19ClFN5O3. The summed E-state index contributed by atoms with van der Waals surface area (Å²) in [6.45, 7) is 0. The van der Waals surface area contributed by atoms with Gasteiger partial charge in [-0.1, -0.05) is 11.6 Å². The summed E-state index contributed by atoms with van der Waals surface area (Å²) in [5, 5.41) is 8.39. The average molecular weight is 432 g/mol. The number of amides is 2. The van der Waals surface area contributed by atoms with E-state index in [0.717, 1.165) is 6.07 Å². The SMILES string of the molecule is O=C(NC1CCC(C(=O)Nc2ccc(F)cc2Cl)CC1)c1cnc2ccc(=O)[nH]n12. The Bertz CT molecular complexity index is 1170. The van der Waals surface area contributed by atoms with E-state index in [1.807, 2.05) is 0 Å². The van der Waals surface area contributed by atoms with E-state index in [0.29, 0.717) is 37.0 Å². The molecule has 0 saturated heterocycles. The molecule has 1 aromatic carbocycles. The van der Waals surface area contributed by atoms with Gasteiger partial charge in [0.1, 0.15) is 11.5 Å². The maximum absolute atomic E-state index is 13.1. The molecule has 1 aliphatic rings. The molecule has 0 radical (unpaired) electrons. The van der Waals surface area contributed by atoms with Crippen molar-refractivity contribution < 1.29 is 14.0 Å². The van der Waals surface area contributed by atoms with Crippen molar-refractivity contribution in [1.29, 1.82) is 0 Å². The van der Waals surface area contributed by atoms with Crippen molar-refractivity contribution in [3.05, 3.63) is 63.4 Å². The van der Waals surface area contributed by atoms with Gasteiger partial charge in [0.05, 0.1) is 16.9 Å². The number of nitrogens with zero attached hydrogens (tertiary/aromatic N) is 2. The summed E-state index contributed by atoms with van der Waals surface area (Å²) in [6, 6.07) is 6.61. The molecule has 0 atom stereocenters. The molecule has 0 spiro atoms. The summed E-state index contributed by atoms with van der Waals surface area (Å²) < 4.78 is 14.5. The van der Waals surface area contributed by atoms with Gasteiger partial charge in [0, 0.05) is 18.0 Å². The lowest BCUT2D eigenvalue weighted by atomic mass is 9.85. The number of carbonyl (C=O) groups is 2. The minimum absolute atomic E-state index is 0.0862. The van der Waals surface area contributed by atoms with Crippen LogP contribution in [0.4, 0.5) is 10.1 Å². The summed E-state index contributed by atoms with van der Waals surface area (Å²) in [7, 11) is 0. The largest absolute Gasteiger partial charge is 0.348 e. The molecule has 2 heterocycles. The van der Waals surface area contributed by atoms with Crippen LogP contribution in [0.15, 0.2) is 41.3 Å². The molecule has 10 heteroatoms. The van der Waals surface area contributed by atoms with Gasteiger partial charge in [0.25, 0.3) is 11.5 Å². The van der Waals surface area contributed by atoms with Gasteiger partial charge in [-0.25, -0.2) is 13.9 Å². The van der Waals surface area contributed by atoms with Crippen LogP contribution in [0.25, 0.3) is 5.65 Å². The highest BCUT2D eigenvalue weighted by Gasteiger charge is 2.28. The third-order valence-corrected chi connectivity index (χ3v) is 5.56. The van der Waals surface area contributed by atoms with Crippen molar-refractivity contribution >= 4 is 34.7 Å². The Morgan fingerprint density at radius 3 is 2.67 bits per heavy atom. The fourth-order valence-corrected chi connectivity index (χ4v) is 3.86. The number of nitrogens with one attached hydrogen (secondary N) is 3. The fraction of sp³-hybridized carbons (Fsp3) is 0.300. The summed E-state index contributed by atoms with van der Waals surface area (Å²) in [6.07, 6.45) is 3.87. The zero-order chi connectivity index (χ0) is 21.3. The Morgan fingerprint density at radius 1 is 1.17 bits per heavy atom. The zero-order valence-electron chi connectivity index (χ0n) is 15.8. The normalized spacial score (nSPS) is 18.9. The number of hydrogen-bond donors (Lipinski definition) is 3. The van der Waals surface area contributed by atoms with Gasteiger partial charge in [0.15, 0.2) is 5.65 Å². The molecule has 8 nitrogen and oxygen atoms in total. The van der Waals surface area contributed by atoms with Crippen molar-refractivity contribution in [3.63, 3.8) is 0 Å². The first kappa shape index (κ1) is 20.1. The van der Waals surface area contributed by atoms with Crippen LogP contribution in [-0.4, -0.2) is 32.5 Å². The van der Waals surface area contributed by atoms with Crippen LogP contribution in [0.1, 0.15) is 36.2 Å².